The third kappa shape index (κ3) is 7.85. The predicted molar refractivity (Wildman–Crippen MR) is 145 cm³/mol. The van der Waals surface area contributed by atoms with Gasteiger partial charge in [-0.15, -0.1) is 0 Å². The summed E-state index contributed by atoms with van der Waals surface area (Å²) in [5.41, 5.74) is 1.16. The van der Waals surface area contributed by atoms with Crippen LogP contribution in [0.1, 0.15) is 44.6 Å². The lowest BCUT2D eigenvalue weighted by Crippen LogP contribution is -2.53. The molecule has 1 saturated carbocycles. The van der Waals surface area contributed by atoms with E-state index in [-0.39, 0.29) is 29.2 Å². The summed E-state index contributed by atoms with van der Waals surface area (Å²) in [6.07, 6.45) is 6.69. The van der Waals surface area contributed by atoms with Crippen molar-refractivity contribution < 1.29 is 18.0 Å². The van der Waals surface area contributed by atoms with Crippen LogP contribution in [-0.4, -0.2) is 56.6 Å². The maximum Gasteiger partial charge on any atom is 0.244 e. The van der Waals surface area contributed by atoms with Gasteiger partial charge in [-0.3, -0.25) is 13.9 Å². The molecule has 3 rings (SSSR count). The Labute approximate surface area is 223 Å². The number of rotatable bonds is 10. The van der Waals surface area contributed by atoms with Gasteiger partial charge in [0.05, 0.1) is 17.0 Å². The normalized spacial score (nSPS) is 15.2. The molecule has 1 atom stereocenters. The van der Waals surface area contributed by atoms with E-state index in [2.05, 4.69) is 5.32 Å². The third-order valence-corrected chi connectivity index (χ3v) is 8.12. The number of nitrogens with one attached hydrogen (secondary N) is 1. The molecule has 0 heterocycles. The van der Waals surface area contributed by atoms with E-state index in [1.807, 2.05) is 30.3 Å². The lowest BCUT2D eigenvalue weighted by molar-refractivity contribution is -0.139. The number of amides is 2. The van der Waals surface area contributed by atoms with Crippen LogP contribution >= 0.6 is 23.2 Å². The van der Waals surface area contributed by atoms with Crippen LogP contribution in [-0.2, 0) is 26.0 Å². The zero-order valence-corrected chi connectivity index (χ0v) is 23.0. The molecule has 0 aromatic heterocycles. The highest BCUT2D eigenvalue weighted by atomic mass is 35.5. The number of nitrogens with zero attached hydrogens (tertiary/aromatic N) is 2. The Kier molecular flexibility index (Phi) is 10.0. The molecular formula is C26H33Cl2N3O4S. The van der Waals surface area contributed by atoms with E-state index in [1.165, 1.54) is 23.1 Å². The Balaban J connectivity index is 1.83. The van der Waals surface area contributed by atoms with Crippen molar-refractivity contribution in [2.24, 2.45) is 0 Å². The standard InChI is InChI=1S/C26H33Cl2N3O4S/c1-19(26(33)29-22-11-7-4-8-12-22)30(16-15-20-9-5-3-6-10-20)25(32)18-31(36(2,34)35)24-14-13-21(27)17-23(24)28/h3,5-6,9-10,13-14,17,19,22H,4,7-8,11-12,15-16,18H2,1-2H3,(H,29,33)/t19-/m0/s1. The molecule has 2 aromatic carbocycles. The maximum atomic E-state index is 13.6. The molecule has 2 amide bonds. The van der Waals surface area contributed by atoms with Crippen LogP contribution in [0.3, 0.4) is 0 Å². The molecule has 1 aliphatic rings. The molecule has 0 bridgehead atoms. The molecular weight excluding hydrogens is 521 g/mol. The number of halogens is 2. The fourth-order valence-electron chi connectivity index (χ4n) is 4.42. The number of hydrogen-bond acceptors (Lipinski definition) is 4. The van der Waals surface area contributed by atoms with Crippen molar-refractivity contribution >= 4 is 50.7 Å². The second-order valence-electron chi connectivity index (χ2n) is 9.21. The minimum absolute atomic E-state index is 0.0974. The van der Waals surface area contributed by atoms with Gasteiger partial charge in [0.2, 0.25) is 21.8 Å². The monoisotopic (exact) mass is 553 g/mol. The molecule has 10 heteroatoms. The van der Waals surface area contributed by atoms with Crippen molar-refractivity contribution in [2.45, 2.75) is 57.5 Å². The lowest BCUT2D eigenvalue weighted by Gasteiger charge is -2.33. The minimum atomic E-state index is -3.86. The highest BCUT2D eigenvalue weighted by molar-refractivity contribution is 7.92. The van der Waals surface area contributed by atoms with E-state index in [1.54, 1.807) is 6.92 Å². The summed E-state index contributed by atoms with van der Waals surface area (Å²) in [5, 5.41) is 3.54. The van der Waals surface area contributed by atoms with Crippen molar-refractivity contribution in [1.82, 2.24) is 10.2 Å². The second-order valence-corrected chi connectivity index (χ2v) is 12.0. The van der Waals surface area contributed by atoms with Crippen molar-refractivity contribution in [2.75, 3.05) is 23.7 Å². The molecule has 0 unspecified atom stereocenters. The number of sulfonamides is 1. The van der Waals surface area contributed by atoms with Gasteiger partial charge in [-0.25, -0.2) is 8.42 Å². The topological polar surface area (TPSA) is 86.8 Å². The summed E-state index contributed by atoms with van der Waals surface area (Å²) < 4.78 is 26.3. The molecule has 1 fully saturated rings. The van der Waals surface area contributed by atoms with Crippen LogP contribution in [0.4, 0.5) is 5.69 Å². The van der Waals surface area contributed by atoms with Gasteiger partial charge in [0.25, 0.3) is 0 Å². The third-order valence-electron chi connectivity index (χ3n) is 6.46. The van der Waals surface area contributed by atoms with Gasteiger partial charge in [-0.2, -0.15) is 0 Å². The quantitative estimate of drug-likeness (QED) is 0.463. The highest BCUT2D eigenvalue weighted by Crippen LogP contribution is 2.30. The molecule has 0 aliphatic heterocycles. The van der Waals surface area contributed by atoms with Crippen LogP contribution in [0.5, 0.6) is 0 Å². The average molecular weight is 555 g/mol. The second kappa shape index (κ2) is 12.8. The van der Waals surface area contributed by atoms with E-state index in [4.69, 9.17) is 23.2 Å². The van der Waals surface area contributed by atoms with Crippen LogP contribution in [0.25, 0.3) is 0 Å². The molecule has 0 saturated heterocycles. The number of carbonyl (C=O) groups excluding carboxylic acids is 2. The predicted octanol–water partition coefficient (Wildman–Crippen LogP) is 4.67. The van der Waals surface area contributed by atoms with Crippen LogP contribution < -0.4 is 9.62 Å². The number of hydrogen-bond donors (Lipinski definition) is 1. The van der Waals surface area contributed by atoms with E-state index in [9.17, 15) is 18.0 Å². The van der Waals surface area contributed by atoms with Gasteiger partial charge in [0, 0.05) is 17.6 Å². The zero-order valence-electron chi connectivity index (χ0n) is 20.6. The number of benzene rings is 2. The van der Waals surface area contributed by atoms with E-state index >= 15 is 0 Å². The SMILES string of the molecule is C[C@@H](C(=O)NC1CCCCC1)N(CCc1ccccc1)C(=O)CN(c1ccc(Cl)cc1Cl)S(C)(=O)=O. The van der Waals surface area contributed by atoms with Gasteiger partial charge in [0.15, 0.2) is 0 Å². The van der Waals surface area contributed by atoms with Crippen molar-refractivity contribution in [3.8, 4) is 0 Å². The van der Waals surface area contributed by atoms with Crippen molar-refractivity contribution in [3.63, 3.8) is 0 Å². The van der Waals surface area contributed by atoms with Gasteiger partial charge in [-0.1, -0.05) is 72.8 Å². The van der Waals surface area contributed by atoms with Crippen LogP contribution in [0.15, 0.2) is 48.5 Å². The number of anilines is 1. The molecule has 0 spiro atoms. The van der Waals surface area contributed by atoms with Crippen molar-refractivity contribution in [3.05, 3.63) is 64.1 Å². The van der Waals surface area contributed by atoms with E-state index < -0.39 is 28.5 Å². The molecule has 2 aromatic rings. The zero-order chi connectivity index (χ0) is 26.3. The van der Waals surface area contributed by atoms with Gasteiger partial charge < -0.3 is 10.2 Å². The van der Waals surface area contributed by atoms with Crippen LogP contribution in [0.2, 0.25) is 10.0 Å². The molecule has 196 valence electrons. The Morgan fingerprint density at radius 1 is 1.06 bits per heavy atom. The first-order chi connectivity index (χ1) is 17.1. The van der Waals surface area contributed by atoms with Crippen molar-refractivity contribution in [1.29, 1.82) is 0 Å². The van der Waals surface area contributed by atoms with Gasteiger partial charge in [-0.05, 0) is 49.9 Å². The lowest BCUT2D eigenvalue weighted by atomic mass is 9.95. The summed E-state index contributed by atoms with van der Waals surface area (Å²) in [5.74, 6) is -0.729. The first-order valence-corrected chi connectivity index (χ1v) is 14.7. The molecule has 7 nitrogen and oxygen atoms in total. The average Bonchev–Trinajstić information content (AvgIpc) is 2.83. The van der Waals surface area contributed by atoms with Gasteiger partial charge in [0.1, 0.15) is 12.6 Å². The molecule has 36 heavy (non-hydrogen) atoms. The maximum absolute atomic E-state index is 13.6. The first kappa shape index (κ1) is 28.3. The Morgan fingerprint density at radius 3 is 2.33 bits per heavy atom. The summed E-state index contributed by atoms with van der Waals surface area (Å²) in [6, 6.07) is 13.4. The largest absolute Gasteiger partial charge is 0.352 e. The highest BCUT2D eigenvalue weighted by Gasteiger charge is 2.31. The minimum Gasteiger partial charge on any atom is -0.352 e. The van der Waals surface area contributed by atoms with Crippen LogP contribution in [0, 0.1) is 0 Å². The summed E-state index contributed by atoms with van der Waals surface area (Å²) >= 11 is 12.3. The molecule has 1 aliphatic carbocycles. The Morgan fingerprint density at radius 2 is 1.72 bits per heavy atom. The fourth-order valence-corrected chi connectivity index (χ4v) is 5.84. The summed E-state index contributed by atoms with van der Waals surface area (Å²) in [6.45, 7) is 1.45. The fraction of sp³-hybridized carbons (Fsp3) is 0.462. The van der Waals surface area contributed by atoms with E-state index in [0.29, 0.717) is 11.4 Å². The Hall–Kier alpha value is -2.29. The molecule has 1 N–H and O–H groups in total. The van der Waals surface area contributed by atoms with Gasteiger partial charge >= 0.3 is 0 Å². The first-order valence-electron chi connectivity index (χ1n) is 12.1. The summed E-state index contributed by atoms with van der Waals surface area (Å²) in [7, 11) is -3.86. The summed E-state index contributed by atoms with van der Waals surface area (Å²) in [4.78, 5) is 28.2. The smallest absolute Gasteiger partial charge is 0.244 e. The van der Waals surface area contributed by atoms with E-state index in [0.717, 1.165) is 48.2 Å². The Bertz CT molecular complexity index is 1160. The molecule has 0 radical (unpaired) electrons. The number of carbonyl (C=O) groups is 2.